The van der Waals surface area contributed by atoms with Crippen LogP contribution >= 0.6 is 12.6 Å². The summed E-state index contributed by atoms with van der Waals surface area (Å²) in [6, 6.07) is 1.42. The van der Waals surface area contributed by atoms with E-state index in [0.29, 0.717) is 5.75 Å². The predicted molar refractivity (Wildman–Crippen MR) is 27.4 cm³/mol. The second kappa shape index (κ2) is 3.01. The second-order valence-corrected chi connectivity index (χ2v) is 1.28. The van der Waals surface area contributed by atoms with Crippen molar-refractivity contribution in [1.82, 2.24) is 0 Å². The maximum Gasteiger partial charge on any atom is 0.102 e. The Hall–Kier alpha value is -0.200. The molecule has 0 aliphatic rings. The molecule has 1 atom stereocenters. The molecule has 0 saturated carbocycles. The van der Waals surface area contributed by atoms with Crippen molar-refractivity contribution in [1.29, 1.82) is 5.26 Å². The number of hydrogen-bond donors (Lipinski definition) is 2. The van der Waals surface area contributed by atoms with Gasteiger partial charge < -0.3 is 5.73 Å². The standard InChI is InChI=1S/C3H6N2S/c4-1-3(5)2-6/h3,6H,2,5H2. The van der Waals surface area contributed by atoms with Crippen molar-refractivity contribution in [3.8, 4) is 6.07 Å². The minimum Gasteiger partial charge on any atom is -0.315 e. The first kappa shape index (κ1) is 5.80. The summed E-state index contributed by atoms with van der Waals surface area (Å²) < 4.78 is 0. The third-order valence-electron chi connectivity index (χ3n) is 0.363. The maximum atomic E-state index is 7.91. The van der Waals surface area contributed by atoms with E-state index in [1.165, 1.54) is 0 Å². The molecule has 0 aromatic carbocycles. The van der Waals surface area contributed by atoms with Crippen LogP contribution in [0.1, 0.15) is 0 Å². The summed E-state index contributed by atoms with van der Waals surface area (Å²) >= 11 is 3.75. The monoisotopic (exact) mass is 102 g/mol. The molecule has 0 aliphatic carbocycles. The zero-order valence-electron chi connectivity index (χ0n) is 3.26. The van der Waals surface area contributed by atoms with Crippen molar-refractivity contribution >= 4 is 12.6 Å². The van der Waals surface area contributed by atoms with Crippen LogP contribution in [0.15, 0.2) is 0 Å². The van der Waals surface area contributed by atoms with Gasteiger partial charge in [-0.1, -0.05) is 0 Å². The van der Waals surface area contributed by atoms with Crippen LogP contribution in [0.5, 0.6) is 0 Å². The molecule has 0 amide bonds. The first-order valence-corrected chi connectivity index (χ1v) is 2.20. The molecule has 0 spiro atoms. The summed E-state index contributed by atoms with van der Waals surface area (Å²) in [6.07, 6.45) is 0. The highest BCUT2D eigenvalue weighted by Crippen LogP contribution is 1.75. The predicted octanol–water partition coefficient (Wildman–Crippen LogP) is -0.233. The quantitative estimate of drug-likeness (QED) is 0.449. The number of thiol groups is 1. The molecule has 3 heteroatoms. The third kappa shape index (κ3) is 2.06. The molecule has 0 radical (unpaired) electrons. The Balaban J connectivity index is 3.04. The number of hydrogen-bond acceptors (Lipinski definition) is 3. The van der Waals surface area contributed by atoms with E-state index in [1.54, 1.807) is 0 Å². The first-order chi connectivity index (χ1) is 2.81. The highest BCUT2D eigenvalue weighted by Gasteiger charge is 1.89. The smallest absolute Gasteiger partial charge is 0.102 e. The largest absolute Gasteiger partial charge is 0.315 e. The molecule has 0 aliphatic heterocycles. The van der Waals surface area contributed by atoms with E-state index in [-0.39, 0.29) is 0 Å². The van der Waals surface area contributed by atoms with Gasteiger partial charge in [0.2, 0.25) is 0 Å². The summed E-state index contributed by atoms with van der Waals surface area (Å²) in [4.78, 5) is 0. The van der Waals surface area contributed by atoms with E-state index >= 15 is 0 Å². The maximum absolute atomic E-state index is 7.91. The molecule has 0 saturated heterocycles. The molecule has 0 aromatic rings. The van der Waals surface area contributed by atoms with E-state index in [4.69, 9.17) is 11.0 Å². The fourth-order valence-corrected chi connectivity index (χ4v) is 0.122. The van der Waals surface area contributed by atoms with Crippen LogP contribution in [-0.4, -0.2) is 11.8 Å². The Morgan fingerprint density at radius 3 is 2.50 bits per heavy atom. The molecule has 34 valence electrons. The lowest BCUT2D eigenvalue weighted by Crippen LogP contribution is -2.18. The molecule has 6 heavy (non-hydrogen) atoms. The Morgan fingerprint density at radius 1 is 2.00 bits per heavy atom. The lowest BCUT2D eigenvalue weighted by atomic mass is 10.4. The van der Waals surface area contributed by atoms with Gasteiger partial charge in [-0.05, 0) is 0 Å². The number of nitrogens with zero attached hydrogens (tertiary/aromatic N) is 1. The Labute approximate surface area is 42.4 Å². The minimum absolute atomic E-state index is 0.395. The van der Waals surface area contributed by atoms with Crippen LogP contribution in [0.3, 0.4) is 0 Å². The highest BCUT2D eigenvalue weighted by atomic mass is 32.1. The van der Waals surface area contributed by atoms with Crippen LogP contribution in [0.2, 0.25) is 0 Å². The van der Waals surface area contributed by atoms with E-state index in [9.17, 15) is 0 Å². The number of nitrogens with two attached hydrogens (primary N) is 1. The van der Waals surface area contributed by atoms with Gasteiger partial charge in [-0.25, -0.2) is 0 Å². The van der Waals surface area contributed by atoms with Gasteiger partial charge in [0.15, 0.2) is 0 Å². The van der Waals surface area contributed by atoms with Gasteiger partial charge in [-0.2, -0.15) is 17.9 Å². The van der Waals surface area contributed by atoms with Gasteiger partial charge in [0, 0.05) is 5.75 Å². The van der Waals surface area contributed by atoms with Crippen LogP contribution in [0.25, 0.3) is 0 Å². The molecule has 2 N–H and O–H groups in total. The SMILES string of the molecule is N#CC(N)CS. The summed E-state index contributed by atoms with van der Waals surface area (Å²) in [7, 11) is 0. The van der Waals surface area contributed by atoms with Gasteiger partial charge in [0.05, 0.1) is 6.07 Å². The molecular weight excluding hydrogens is 96.1 g/mol. The molecule has 0 fully saturated rings. The van der Waals surface area contributed by atoms with E-state index in [2.05, 4.69) is 12.6 Å². The average Bonchev–Trinajstić information content (AvgIpc) is 1.65. The van der Waals surface area contributed by atoms with Crippen molar-refractivity contribution < 1.29 is 0 Å². The zero-order chi connectivity index (χ0) is 4.99. The fourth-order valence-electron chi connectivity index (χ4n) is 0.0408. The summed E-state index contributed by atoms with van der Waals surface area (Å²) in [5, 5.41) is 7.91. The van der Waals surface area contributed by atoms with Crippen LogP contribution < -0.4 is 5.73 Å². The fraction of sp³-hybridized carbons (Fsp3) is 0.667. The normalized spacial score (nSPS) is 12.8. The first-order valence-electron chi connectivity index (χ1n) is 1.57. The van der Waals surface area contributed by atoms with Gasteiger partial charge in [-0.3, -0.25) is 0 Å². The van der Waals surface area contributed by atoms with Gasteiger partial charge in [-0.15, -0.1) is 0 Å². The van der Waals surface area contributed by atoms with Crippen molar-refractivity contribution in [3.05, 3.63) is 0 Å². The molecular formula is C3H6N2S. The van der Waals surface area contributed by atoms with E-state index < -0.39 is 6.04 Å². The summed E-state index contributed by atoms with van der Waals surface area (Å²) in [5.41, 5.74) is 5.03. The minimum atomic E-state index is -0.395. The van der Waals surface area contributed by atoms with Crippen molar-refractivity contribution in [3.63, 3.8) is 0 Å². The van der Waals surface area contributed by atoms with Crippen LogP contribution in [0.4, 0.5) is 0 Å². The van der Waals surface area contributed by atoms with E-state index in [1.807, 2.05) is 6.07 Å². The molecule has 0 heterocycles. The van der Waals surface area contributed by atoms with E-state index in [0.717, 1.165) is 0 Å². The lowest BCUT2D eigenvalue weighted by Gasteiger charge is -1.87. The van der Waals surface area contributed by atoms with Crippen molar-refractivity contribution in [2.75, 3.05) is 5.75 Å². The van der Waals surface area contributed by atoms with Crippen LogP contribution in [-0.2, 0) is 0 Å². The highest BCUT2D eigenvalue weighted by molar-refractivity contribution is 7.80. The summed E-state index contributed by atoms with van der Waals surface area (Å²) in [6.45, 7) is 0. The average molecular weight is 102 g/mol. The molecule has 2 nitrogen and oxygen atoms in total. The Morgan fingerprint density at radius 2 is 2.50 bits per heavy atom. The molecule has 0 aromatic heterocycles. The van der Waals surface area contributed by atoms with Gasteiger partial charge in [0.25, 0.3) is 0 Å². The van der Waals surface area contributed by atoms with Gasteiger partial charge >= 0.3 is 0 Å². The zero-order valence-corrected chi connectivity index (χ0v) is 4.15. The van der Waals surface area contributed by atoms with Crippen molar-refractivity contribution in [2.24, 2.45) is 5.73 Å². The van der Waals surface area contributed by atoms with Gasteiger partial charge in [0.1, 0.15) is 6.04 Å². The third-order valence-corrected chi connectivity index (χ3v) is 0.756. The molecule has 1 unspecified atom stereocenters. The Bertz CT molecular complexity index is 65.7. The number of rotatable bonds is 1. The summed E-state index contributed by atoms with van der Waals surface area (Å²) in [5.74, 6) is 0.441. The van der Waals surface area contributed by atoms with Crippen LogP contribution in [0, 0.1) is 11.3 Å². The molecule has 0 bridgehead atoms. The lowest BCUT2D eigenvalue weighted by molar-refractivity contribution is 0.958. The topological polar surface area (TPSA) is 49.8 Å². The number of nitriles is 1. The van der Waals surface area contributed by atoms with Crippen molar-refractivity contribution in [2.45, 2.75) is 6.04 Å². The second-order valence-electron chi connectivity index (χ2n) is 0.918. The molecule has 0 rings (SSSR count). The Kier molecular flexibility index (Phi) is 2.91.